The first-order valence-corrected chi connectivity index (χ1v) is 4.88. The molecular weight excluding hydrogens is 206 g/mol. The van der Waals surface area contributed by atoms with Gasteiger partial charge in [0.25, 0.3) is 5.91 Å². The molecule has 0 saturated heterocycles. The zero-order chi connectivity index (χ0) is 11.5. The first-order chi connectivity index (χ1) is 7.70. The molecule has 0 fully saturated rings. The van der Waals surface area contributed by atoms with Crippen molar-refractivity contribution in [3.63, 3.8) is 0 Å². The molecule has 0 aromatic heterocycles. The third-order valence-electron chi connectivity index (χ3n) is 2.23. The molecule has 82 valence electrons. The maximum atomic E-state index is 11.6. The van der Waals surface area contributed by atoms with Gasteiger partial charge in [0.05, 0.1) is 12.1 Å². The number of anilines is 2. The molecule has 0 atom stereocenters. The van der Waals surface area contributed by atoms with E-state index < -0.39 is 0 Å². The summed E-state index contributed by atoms with van der Waals surface area (Å²) in [5.74, 6) is -0.0549. The number of hydrogen-bond donors (Lipinski definition) is 1. The molecule has 1 aliphatic heterocycles. The molecule has 0 aliphatic carbocycles. The van der Waals surface area contributed by atoms with Crippen LogP contribution >= 0.6 is 0 Å². The van der Waals surface area contributed by atoms with Crippen molar-refractivity contribution in [2.75, 3.05) is 10.3 Å². The van der Waals surface area contributed by atoms with Gasteiger partial charge in [-0.05, 0) is 25.1 Å². The maximum Gasteiger partial charge on any atom is 0.253 e. The van der Waals surface area contributed by atoms with Gasteiger partial charge in [-0.25, -0.2) is 5.01 Å². The van der Waals surface area contributed by atoms with Crippen LogP contribution in [-0.4, -0.2) is 18.0 Å². The molecule has 1 aromatic rings. The smallest absolute Gasteiger partial charge is 0.253 e. The summed E-state index contributed by atoms with van der Waals surface area (Å²) >= 11 is 0. The lowest BCUT2D eigenvalue weighted by Gasteiger charge is -2.12. The Bertz CT molecular complexity index is 468. The minimum Gasteiger partial charge on any atom is -0.329 e. The fraction of sp³-hybridized carbons (Fsp3) is 0.182. The molecule has 0 spiro atoms. The minimum absolute atomic E-state index is 0.0549. The molecule has 0 bridgehead atoms. The van der Waals surface area contributed by atoms with Gasteiger partial charge in [-0.1, -0.05) is 6.07 Å². The van der Waals surface area contributed by atoms with Crippen molar-refractivity contribution in [1.82, 2.24) is 0 Å². The number of nitrogens with zero attached hydrogens (tertiary/aromatic N) is 2. The summed E-state index contributed by atoms with van der Waals surface area (Å²) in [6.45, 7) is 1.81. The van der Waals surface area contributed by atoms with Gasteiger partial charge in [-0.3, -0.25) is 9.59 Å². The standard InChI is InChI=1S/C11H11N3O2/c1-8-5-11(16)14(13-8)10-4-2-3-9(6-10)12-7-15/h2-4,6-7H,5H2,1H3,(H,12,15). The van der Waals surface area contributed by atoms with Crippen molar-refractivity contribution in [1.29, 1.82) is 0 Å². The Labute approximate surface area is 92.7 Å². The molecule has 16 heavy (non-hydrogen) atoms. The number of nitrogens with one attached hydrogen (secondary N) is 1. The number of carbonyl (C=O) groups is 2. The van der Waals surface area contributed by atoms with Crippen LogP contribution in [0.25, 0.3) is 0 Å². The zero-order valence-corrected chi connectivity index (χ0v) is 8.80. The lowest BCUT2D eigenvalue weighted by molar-refractivity contribution is -0.116. The van der Waals surface area contributed by atoms with Crippen LogP contribution < -0.4 is 10.3 Å². The normalized spacial score (nSPS) is 14.9. The Balaban J connectivity index is 2.30. The third-order valence-corrected chi connectivity index (χ3v) is 2.23. The predicted molar refractivity (Wildman–Crippen MR) is 61.3 cm³/mol. The minimum atomic E-state index is -0.0549. The summed E-state index contributed by atoms with van der Waals surface area (Å²) in [4.78, 5) is 21.9. The van der Waals surface area contributed by atoms with E-state index in [0.29, 0.717) is 24.2 Å². The second-order valence-corrected chi connectivity index (χ2v) is 3.53. The summed E-state index contributed by atoms with van der Waals surface area (Å²) in [6, 6.07) is 6.98. The average molecular weight is 217 g/mol. The van der Waals surface area contributed by atoms with Crippen molar-refractivity contribution in [3.8, 4) is 0 Å². The summed E-state index contributed by atoms with van der Waals surface area (Å²) in [6.07, 6.45) is 0.949. The molecule has 2 amide bonds. The van der Waals surface area contributed by atoms with E-state index in [-0.39, 0.29) is 5.91 Å². The van der Waals surface area contributed by atoms with E-state index in [9.17, 15) is 9.59 Å². The van der Waals surface area contributed by atoms with Crippen LogP contribution in [0.2, 0.25) is 0 Å². The van der Waals surface area contributed by atoms with Gasteiger partial charge >= 0.3 is 0 Å². The Morgan fingerprint density at radius 2 is 2.31 bits per heavy atom. The Morgan fingerprint density at radius 3 is 2.94 bits per heavy atom. The lowest BCUT2D eigenvalue weighted by atomic mass is 10.2. The summed E-state index contributed by atoms with van der Waals surface area (Å²) in [7, 11) is 0. The van der Waals surface area contributed by atoms with Crippen molar-refractivity contribution in [3.05, 3.63) is 24.3 Å². The highest BCUT2D eigenvalue weighted by Crippen LogP contribution is 2.23. The van der Waals surface area contributed by atoms with Crippen molar-refractivity contribution in [2.45, 2.75) is 13.3 Å². The van der Waals surface area contributed by atoms with Crippen molar-refractivity contribution < 1.29 is 9.59 Å². The zero-order valence-electron chi connectivity index (χ0n) is 8.80. The summed E-state index contributed by atoms with van der Waals surface area (Å²) in [5.41, 5.74) is 2.09. The van der Waals surface area contributed by atoms with E-state index in [0.717, 1.165) is 5.71 Å². The van der Waals surface area contributed by atoms with Gasteiger partial charge in [-0.15, -0.1) is 0 Å². The van der Waals surface area contributed by atoms with E-state index in [4.69, 9.17) is 0 Å². The molecule has 1 aliphatic rings. The van der Waals surface area contributed by atoms with E-state index >= 15 is 0 Å². The van der Waals surface area contributed by atoms with Crippen molar-refractivity contribution >= 4 is 29.4 Å². The quantitative estimate of drug-likeness (QED) is 0.777. The van der Waals surface area contributed by atoms with Gasteiger partial charge in [-0.2, -0.15) is 5.10 Å². The van der Waals surface area contributed by atoms with Crippen LogP contribution in [0.3, 0.4) is 0 Å². The van der Waals surface area contributed by atoms with Crippen LogP contribution in [0.1, 0.15) is 13.3 Å². The van der Waals surface area contributed by atoms with E-state index in [1.165, 1.54) is 5.01 Å². The first-order valence-electron chi connectivity index (χ1n) is 4.88. The third kappa shape index (κ3) is 1.93. The predicted octanol–water partition coefficient (Wildman–Crippen LogP) is 1.37. The van der Waals surface area contributed by atoms with Gasteiger partial charge in [0.2, 0.25) is 6.41 Å². The molecule has 0 unspecified atom stereocenters. The second kappa shape index (κ2) is 4.14. The highest BCUT2D eigenvalue weighted by molar-refractivity contribution is 6.12. The van der Waals surface area contributed by atoms with Crippen LogP contribution in [0.4, 0.5) is 11.4 Å². The molecule has 2 rings (SSSR count). The fourth-order valence-corrected chi connectivity index (χ4v) is 1.55. The Morgan fingerprint density at radius 1 is 1.50 bits per heavy atom. The topological polar surface area (TPSA) is 61.8 Å². The molecule has 0 radical (unpaired) electrons. The molecule has 5 heteroatoms. The molecular formula is C11H11N3O2. The van der Waals surface area contributed by atoms with Gasteiger partial charge in [0.1, 0.15) is 0 Å². The number of hydrogen-bond acceptors (Lipinski definition) is 3. The highest BCUT2D eigenvalue weighted by atomic mass is 16.2. The van der Waals surface area contributed by atoms with Crippen LogP contribution in [0.15, 0.2) is 29.4 Å². The molecule has 5 nitrogen and oxygen atoms in total. The SMILES string of the molecule is CC1=NN(c2cccc(NC=O)c2)C(=O)C1. The average Bonchev–Trinajstić information content (AvgIpc) is 2.59. The number of benzene rings is 1. The maximum absolute atomic E-state index is 11.6. The fourth-order valence-electron chi connectivity index (χ4n) is 1.55. The second-order valence-electron chi connectivity index (χ2n) is 3.53. The van der Waals surface area contributed by atoms with Gasteiger partial charge in [0.15, 0.2) is 0 Å². The van der Waals surface area contributed by atoms with Crippen LogP contribution in [0.5, 0.6) is 0 Å². The molecule has 1 aromatic carbocycles. The first kappa shape index (κ1) is 10.4. The number of carbonyl (C=O) groups excluding carboxylic acids is 2. The van der Waals surface area contributed by atoms with Crippen LogP contribution in [-0.2, 0) is 9.59 Å². The summed E-state index contributed by atoms with van der Waals surface area (Å²) in [5, 5.41) is 8.01. The van der Waals surface area contributed by atoms with Crippen LogP contribution in [0, 0.1) is 0 Å². The molecule has 0 saturated carbocycles. The Hall–Kier alpha value is -2.17. The molecule has 1 N–H and O–H groups in total. The number of hydrazone groups is 1. The lowest BCUT2D eigenvalue weighted by Crippen LogP contribution is -2.19. The number of rotatable bonds is 3. The van der Waals surface area contributed by atoms with E-state index in [1.807, 2.05) is 6.92 Å². The largest absolute Gasteiger partial charge is 0.329 e. The van der Waals surface area contributed by atoms with E-state index in [2.05, 4.69) is 10.4 Å². The van der Waals surface area contributed by atoms with Gasteiger partial charge in [0, 0.05) is 11.4 Å². The Kier molecular flexibility index (Phi) is 2.68. The monoisotopic (exact) mass is 217 g/mol. The number of amides is 2. The molecule has 1 heterocycles. The summed E-state index contributed by atoms with van der Waals surface area (Å²) < 4.78 is 0. The van der Waals surface area contributed by atoms with Gasteiger partial charge < -0.3 is 5.32 Å². The van der Waals surface area contributed by atoms with E-state index in [1.54, 1.807) is 24.3 Å². The highest BCUT2D eigenvalue weighted by Gasteiger charge is 2.22. The van der Waals surface area contributed by atoms with Crippen molar-refractivity contribution in [2.24, 2.45) is 5.10 Å².